The van der Waals surface area contributed by atoms with E-state index in [4.69, 9.17) is 16.0 Å². The third-order valence-corrected chi connectivity index (χ3v) is 10.2. The lowest BCUT2D eigenvalue weighted by Crippen LogP contribution is -2.43. The van der Waals surface area contributed by atoms with Crippen molar-refractivity contribution in [2.24, 2.45) is 0 Å². The van der Waals surface area contributed by atoms with Crippen molar-refractivity contribution in [3.8, 4) is 21.3 Å². The van der Waals surface area contributed by atoms with Crippen LogP contribution in [0.2, 0.25) is 5.02 Å². The average Bonchev–Trinajstić information content (AvgIpc) is 3.30. The highest BCUT2D eigenvalue weighted by Gasteiger charge is 2.51. The van der Waals surface area contributed by atoms with Crippen LogP contribution in [0.3, 0.4) is 0 Å². The van der Waals surface area contributed by atoms with Gasteiger partial charge in [-0.1, -0.05) is 17.7 Å². The molecular formula is C25H26ClF4N5O5S2. The molecule has 2 fully saturated rings. The molecule has 0 radical (unpaired) electrons. The monoisotopic (exact) mass is 651 g/mol. The maximum absolute atomic E-state index is 15.6. The maximum atomic E-state index is 15.6. The number of aliphatic hydroxyl groups is 1. The third-order valence-electron chi connectivity index (χ3n) is 7.21. The van der Waals surface area contributed by atoms with Crippen LogP contribution in [0.15, 0.2) is 21.4 Å². The van der Waals surface area contributed by atoms with Crippen LogP contribution >= 0.6 is 22.9 Å². The van der Waals surface area contributed by atoms with Gasteiger partial charge in [0.1, 0.15) is 22.4 Å². The van der Waals surface area contributed by atoms with Crippen molar-refractivity contribution in [3.63, 3.8) is 0 Å². The van der Waals surface area contributed by atoms with Gasteiger partial charge in [0.05, 0.1) is 15.4 Å². The number of rotatable bonds is 8. The molecule has 1 saturated carbocycles. The number of hydrogen-bond acceptors (Lipinski definition) is 9. The lowest BCUT2D eigenvalue weighted by atomic mass is 10.1. The number of halogens is 5. The molecule has 1 amide bonds. The summed E-state index contributed by atoms with van der Waals surface area (Å²) in [5, 5.41) is 17.1. The zero-order valence-corrected chi connectivity index (χ0v) is 24.9. The van der Waals surface area contributed by atoms with Crippen molar-refractivity contribution in [2.45, 2.75) is 74.6 Å². The van der Waals surface area contributed by atoms with Gasteiger partial charge in [-0.3, -0.25) is 4.79 Å². The van der Waals surface area contributed by atoms with Gasteiger partial charge < -0.3 is 14.4 Å². The second-order valence-corrected chi connectivity index (χ2v) is 14.0. The fraction of sp³-hybridized carbons (Fsp3) is 0.520. The molecule has 1 saturated heterocycles. The maximum Gasteiger partial charge on any atom is 0.276 e. The second-order valence-electron chi connectivity index (χ2n) is 10.9. The molecule has 17 heteroatoms. The molecule has 2 N–H and O–H groups in total. The number of carbonyl (C=O) groups excluding carboxylic acids is 1. The van der Waals surface area contributed by atoms with Crippen LogP contribution in [-0.2, 0) is 15.6 Å². The molecule has 0 bridgehead atoms. The molecule has 0 spiro atoms. The number of nitrogens with one attached hydrogen (secondary N) is 1. The molecule has 1 aromatic carbocycles. The quantitative estimate of drug-likeness (QED) is 0.328. The van der Waals surface area contributed by atoms with Crippen LogP contribution in [0, 0.1) is 5.82 Å². The Hall–Kier alpha value is -2.66. The first-order valence-electron chi connectivity index (χ1n) is 12.9. The topological polar surface area (TPSA) is 139 Å². The number of benzene rings is 1. The number of piperidine rings is 1. The highest BCUT2D eigenvalue weighted by atomic mass is 35.5. The third kappa shape index (κ3) is 5.78. The van der Waals surface area contributed by atoms with Gasteiger partial charge in [0, 0.05) is 31.5 Å². The number of aromatic nitrogens is 3. The molecule has 3 heterocycles. The summed E-state index contributed by atoms with van der Waals surface area (Å²) in [7, 11) is -4.52. The van der Waals surface area contributed by atoms with Crippen molar-refractivity contribution in [1.29, 1.82) is 0 Å². The van der Waals surface area contributed by atoms with Crippen LogP contribution in [0.1, 0.15) is 62.8 Å². The molecule has 1 unspecified atom stereocenters. The number of thiazole rings is 1. The van der Waals surface area contributed by atoms with Crippen LogP contribution in [0.4, 0.5) is 17.6 Å². The van der Waals surface area contributed by atoms with Gasteiger partial charge in [-0.2, -0.15) is 0 Å². The number of carbonyl (C=O) groups is 1. The second kappa shape index (κ2) is 10.5. The van der Waals surface area contributed by atoms with Gasteiger partial charge in [0.15, 0.2) is 10.8 Å². The Kier molecular flexibility index (Phi) is 7.70. The molecule has 42 heavy (non-hydrogen) atoms. The Morgan fingerprint density at radius 2 is 1.86 bits per heavy atom. The fourth-order valence-electron chi connectivity index (χ4n) is 4.44. The van der Waals surface area contributed by atoms with E-state index in [2.05, 4.69) is 19.9 Å². The Morgan fingerprint density at radius 3 is 2.40 bits per heavy atom. The first-order chi connectivity index (χ1) is 19.4. The van der Waals surface area contributed by atoms with Crippen LogP contribution in [0.5, 0.6) is 0 Å². The number of amides is 1. The number of alkyl halides is 3. The van der Waals surface area contributed by atoms with Crippen molar-refractivity contribution < 1.29 is 40.3 Å². The Labute approximate surface area is 247 Å². The number of nitrogens with zero attached hydrogens (tertiary/aromatic N) is 4. The Balaban J connectivity index is 1.57. The Morgan fingerprint density at radius 1 is 1.21 bits per heavy atom. The number of sulfonamides is 1. The molecule has 10 nitrogen and oxygen atoms in total. The molecule has 2 aromatic heterocycles. The molecule has 228 valence electrons. The van der Waals surface area contributed by atoms with Crippen molar-refractivity contribution in [2.75, 3.05) is 13.1 Å². The SMILES string of the molecule is CC(F)C1(NS(=O)(=O)c2ccc(-c3sc(-c4nnc(C(C)(C)O)o4)nc3C(=O)N3CCC(F)(F)CC3)c(Cl)c2F)CC1. The molecule has 2 aliphatic rings. The summed E-state index contributed by atoms with van der Waals surface area (Å²) in [5.41, 5.74) is -3.20. The molecule has 3 aromatic rings. The summed E-state index contributed by atoms with van der Waals surface area (Å²) in [6, 6.07) is 2.11. The zero-order valence-electron chi connectivity index (χ0n) is 22.6. The summed E-state index contributed by atoms with van der Waals surface area (Å²) in [4.78, 5) is 18.1. The van der Waals surface area contributed by atoms with Crippen LogP contribution in [-0.4, -0.2) is 70.2 Å². The highest BCUT2D eigenvalue weighted by molar-refractivity contribution is 7.89. The first kappa shape index (κ1) is 30.8. The van der Waals surface area contributed by atoms with Crippen molar-refractivity contribution in [3.05, 3.63) is 34.6 Å². The van der Waals surface area contributed by atoms with E-state index in [1.807, 2.05) is 0 Å². The van der Waals surface area contributed by atoms with E-state index in [0.29, 0.717) is 0 Å². The van der Waals surface area contributed by atoms with Gasteiger partial charge in [-0.05, 0) is 39.7 Å². The predicted octanol–water partition coefficient (Wildman–Crippen LogP) is 4.92. The minimum absolute atomic E-state index is 0.00723. The molecule has 5 rings (SSSR count). The normalized spacial score (nSPS) is 19.1. The molecule has 1 aliphatic carbocycles. The van der Waals surface area contributed by atoms with Crippen LogP contribution < -0.4 is 4.72 Å². The summed E-state index contributed by atoms with van der Waals surface area (Å²) >= 11 is 7.13. The van der Waals surface area contributed by atoms with E-state index in [0.717, 1.165) is 17.4 Å². The van der Waals surface area contributed by atoms with E-state index < -0.39 is 67.7 Å². The summed E-state index contributed by atoms with van der Waals surface area (Å²) < 4.78 is 90.8. The minimum atomic E-state index is -4.52. The predicted molar refractivity (Wildman–Crippen MR) is 144 cm³/mol. The average molecular weight is 652 g/mol. The summed E-state index contributed by atoms with van der Waals surface area (Å²) in [5.74, 6) is -5.34. The lowest BCUT2D eigenvalue weighted by Gasteiger charge is -2.31. The first-order valence-corrected chi connectivity index (χ1v) is 15.5. The van der Waals surface area contributed by atoms with Gasteiger partial charge in [-0.25, -0.2) is 35.7 Å². The van der Waals surface area contributed by atoms with Gasteiger partial charge in [0.25, 0.3) is 17.7 Å². The Bertz CT molecular complexity index is 1640. The zero-order chi connectivity index (χ0) is 30.8. The van der Waals surface area contributed by atoms with Gasteiger partial charge in [-0.15, -0.1) is 21.5 Å². The number of likely N-dealkylation sites (tertiary alicyclic amines) is 1. The smallest absolute Gasteiger partial charge is 0.276 e. The minimum Gasteiger partial charge on any atom is -0.415 e. The van der Waals surface area contributed by atoms with E-state index in [9.17, 15) is 31.5 Å². The standard InChI is InChI=1S/C25H26ClF4N5O5S2/c1-12(27)24(6-7-24)34-42(38,39)14-5-4-13(15(26)16(14)28)18-17(21(36)35-10-8-25(29,30)9-11-35)31-20(41-18)19-32-33-22(40-19)23(2,3)37/h4-5,12,34,37H,6-11H2,1-3H3. The number of hydrogen-bond donors (Lipinski definition) is 2. The van der Waals surface area contributed by atoms with E-state index >= 15 is 4.39 Å². The lowest BCUT2D eigenvalue weighted by molar-refractivity contribution is -0.0494. The van der Waals surface area contributed by atoms with Gasteiger partial charge >= 0.3 is 0 Å². The molecule has 1 aliphatic heterocycles. The van der Waals surface area contributed by atoms with Crippen molar-refractivity contribution >= 4 is 38.9 Å². The van der Waals surface area contributed by atoms with E-state index in [1.165, 1.54) is 31.7 Å². The summed E-state index contributed by atoms with van der Waals surface area (Å²) in [6.07, 6.45) is -2.13. The molecule has 1 atom stereocenters. The van der Waals surface area contributed by atoms with Gasteiger partial charge in [0.2, 0.25) is 15.9 Å². The largest absolute Gasteiger partial charge is 0.415 e. The van der Waals surface area contributed by atoms with Crippen LogP contribution in [0.25, 0.3) is 21.3 Å². The fourth-order valence-corrected chi connectivity index (χ4v) is 7.41. The highest BCUT2D eigenvalue weighted by Crippen LogP contribution is 2.44. The van der Waals surface area contributed by atoms with E-state index in [1.54, 1.807) is 0 Å². The molecular weight excluding hydrogens is 626 g/mol. The summed E-state index contributed by atoms with van der Waals surface area (Å²) in [6.45, 7) is 3.50. The van der Waals surface area contributed by atoms with Crippen molar-refractivity contribution in [1.82, 2.24) is 24.8 Å². The van der Waals surface area contributed by atoms with E-state index in [-0.39, 0.29) is 58.9 Å².